The number of aromatic hydroxyl groups is 1. The summed E-state index contributed by atoms with van der Waals surface area (Å²) in [6.45, 7) is 7.87. The predicted octanol–water partition coefficient (Wildman–Crippen LogP) is 2.51. The summed E-state index contributed by atoms with van der Waals surface area (Å²) in [6.07, 6.45) is 0. The molecule has 0 heterocycles. The van der Waals surface area contributed by atoms with Crippen LogP contribution in [0.3, 0.4) is 0 Å². The van der Waals surface area contributed by atoms with E-state index in [4.69, 9.17) is 5.11 Å². The predicted molar refractivity (Wildman–Crippen MR) is 66.9 cm³/mol. The van der Waals surface area contributed by atoms with E-state index in [2.05, 4.69) is 0 Å². The Labute approximate surface area is 118 Å². The van der Waals surface area contributed by atoms with Crippen molar-refractivity contribution in [1.82, 2.24) is 0 Å². The van der Waals surface area contributed by atoms with Crippen LogP contribution >= 0.6 is 0 Å². The molecule has 0 bridgehead atoms. The van der Waals surface area contributed by atoms with E-state index < -0.39 is 5.97 Å². The van der Waals surface area contributed by atoms with E-state index in [1.165, 1.54) is 0 Å². The van der Waals surface area contributed by atoms with E-state index in [0.29, 0.717) is 5.56 Å². The monoisotopic (exact) mass is 303 g/mol. The molecular weight excluding hydrogens is 284 g/mol. The van der Waals surface area contributed by atoms with Crippen LogP contribution in [0.15, 0.2) is 12.1 Å². The fourth-order valence-corrected chi connectivity index (χ4v) is 1.62. The summed E-state index contributed by atoms with van der Waals surface area (Å²) in [4.78, 5) is 11.0. The zero-order valence-electron chi connectivity index (χ0n) is 10.9. The number of hydrogen-bond acceptors (Lipinski definition) is 2. The van der Waals surface area contributed by atoms with E-state index in [9.17, 15) is 9.90 Å². The summed E-state index contributed by atoms with van der Waals surface area (Å²) in [5, 5.41) is 18.9. The maximum absolute atomic E-state index is 11.0. The van der Waals surface area contributed by atoms with Crippen molar-refractivity contribution in [3.63, 3.8) is 0 Å². The molecule has 0 amide bonds. The Kier molecular flexibility index (Phi) is 7.95. The molecule has 0 saturated heterocycles. The number of phenols is 1. The van der Waals surface area contributed by atoms with Crippen molar-refractivity contribution in [3.8, 4) is 5.75 Å². The second-order valence-electron chi connectivity index (χ2n) is 4.62. The molecule has 4 N–H and O–H groups in total. The van der Waals surface area contributed by atoms with Gasteiger partial charge in [0.15, 0.2) is 0 Å². The van der Waals surface area contributed by atoms with E-state index in [1.54, 1.807) is 6.07 Å². The second-order valence-corrected chi connectivity index (χ2v) is 4.62. The first kappa shape index (κ1) is 19.3. The molecule has 0 unspecified atom stereocenters. The fourth-order valence-electron chi connectivity index (χ4n) is 1.62. The van der Waals surface area contributed by atoms with Gasteiger partial charge in [0.2, 0.25) is 0 Å². The standard InChI is InChI=1S/C13H18O3.Cu.H2O/c1-7(2)9-5-10(8(3)4)12(14)11(6-9)13(15)16;;/h5-8,14H,1-4H3,(H,15,16);;1H2. The zero-order valence-corrected chi connectivity index (χ0v) is 11.9. The molecule has 1 aromatic carbocycles. The van der Waals surface area contributed by atoms with Gasteiger partial charge in [0.25, 0.3) is 0 Å². The van der Waals surface area contributed by atoms with Gasteiger partial charge in [-0.3, -0.25) is 0 Å². The normalized spacial score (nSPS) is 9.89. The van der Waals surface area contributed by atoms with Crippen molar-refractivity contribution >= 4 is 5.97 Å². The number of hydrogen-bond donors (Lipinski definition) is 2. The van der Waals surface area contributed by atoms with Crippen LogP contribution in [0.5, 0.6) is 5.75 Å². The molecule has 1 aromatic rings. The number of rotatable bonds is 3. The van der Waals surface area contributed by atoms with Gasteiger partial charge >= 0.3 is 5.97 Å². The second kappa shape index (κ2) is 7.41. The molecule has 0 aromatic heterocycles. The zero-order chi connectivity index (χ0) is 12.5. The van der Waals surface area contributed by atoms with Gasteiger partial charge in [0, 0.05) is 17.1 Å². The van der Waals surface area contributed by atoms with Gasteiger partial charge in [-0.2, -0.15) is 0 Å². The first-order chi connectivity index (χ1) is 7.34. The molecule has 0 aliphatic rings. The van der Waals surface area contributed by atoms with Crippen molar-refractivity contribution in [2.75, 3.05) is 0 Å². The molecule has 5 heteroatoms. The Morgan fingerprint density at radius 2 is 1.61 bits per heavy atom. The third-order valence-electron chi connectivity index (χ3n) is 2.68. The number of carboxylic acids is 1. The molecular formula is C13H20CuO4. The summed E-state index contributed by atoms with van der Waals surface area (Å²) in [5.74, 6) is -0.832. The Bertz CT molecular complexity index is 414. The van der Waals surface area contributed by atoms with Gasteiger partial charge in [-0.15, -0.1) is 0 Å². The molecule has 0 aliphatic carbocycles. The van der Waals surface area contributed by atoms with Crippen molar-refractivity contribution in [2.24, 2.45) is 0 Å². The van der Waals surface area contributed by atoms with Crippen molar-refractivity contribution in [3.05, 3.63) is 28.8 Å². The molecule has 0 spiro atoms. The molecule has 1 rings (SSSR count). The number of carbonyl (C=O) groups is 1. The minimum absolute atomic E-state index is 0. The maximum Gasteiger partial charge on any atom is 0.339 e. The van der Waals surface area contributed by atoms with Crippen LogP contribution < -0.4 is 0 Å². The average Bonchev–Trinajstić information content (AvgIpc) is 2.16. The summed E-state index contributed by atoms with van der Waals surface area (Å²) < 4.78 is 0. The number of aromatic carboxylic acids is 1. The van der Waals surface area contributed by atoms with Gasteiger partial charge < -0.3 is 15.7 Å². The van der Waals surface area contributed by atoms with Crippen LogP contribution in [-0.4, -0.2) is 21.7 Å². The molecule has 4 nitrogen and oxygen atoms in total. The molecule has 0 aliphatic heterocycles. The largest absolute Gasteiger partial charge is 0.507 e. The van der Waals surface area contributed by atoms with Crippen LogP contribution in [0.25, 0.3) is 0 Å². The minimum atomic E-state index is -1.08. The average molecular weight is 304 g/mol. The van der Waals surface area contributed by atoms with Crippen molar-refractivity contribution in [1.29, 1.82) is 0 Å². The smallest absolute Gasteiger partial charge is 0.339 e. The fraction of sp³-hybridized carbons (Fsp3) is 0.462. The quantitative estimate of drug-likeness (QED) is 0.841. The number of carboxylic acid groups (broad SMARTS) is 1. The van der Waals surface area contributed by atoms with Gasteiger partial charge in [-0.05, 0) is 29.0 Å². The third-order valence-corrected chi connectivity index (χ3v) is 2.68. The van der Waals surface area contributed by atoms with E-state index >= 15 is 0 Å². The van der Waals surface area contributed by atoms with Crippen molar-refractivity contribution < 1.29 is 37.6 Å². The third kappa shape index (κ3) is 4.02. The Balaban J connectivity index is 0. The SMILES string of the molecule is CC(C)c1cc(C(=O)O)c(O)c(C(C)C)c1.O.[Cu]. The molecule has 0 saturated carbocycles. The van der Waals surface area contributed by atoms with Crippen LogP contribution in [0.2, 0.25) is 0 Å². The summed E-state index contributed by atoms with van der Waals surface area (Å²) in [7, 11) is 0. The van der Waals surface area contributed by atoms with Crippen LogP contribution in [0.4, 0.5) is 0 Å². The van der Waals surface area contributed by atoms with Crippen LogP contribution in [0, 0.1) is 0 Å². The molecule has 0 atom stereocenters. The Morgan fingerprint density at radius 3 is 1.94 bits per heavy atom. The first-order valence-corrected chi connectivity index (χ1v) is 5.44. The Hall–Kier alpha value is -1.03. The minimum Gasteiger partial charge on any atom is -0.507 e. The van der Waals surface area contributed by atoms with E-state index in [1.807, 2.05) is 33.8 Å². The summed E-state index contributed by atoms with van der Waals surface area (Å²) in [6, 6.07) is 3.44. The van der Waals surface area contributed by atoms with Crippen LogP contribution in [0.1, 0.15) is 61.0 Å². The van der Waals surface area contributed by atoms with Crippen LogP contribution in [-0.2, 0) is 17.1 Å². The van der Waals surface area contributed by atoms with Gasteiger partial charge in [0.1, 0.15) is 11.3 Å². The Morgan fingerprint density at radius 1 is 1.11 bits per heavy atom. The van der Waals surface area contributed by atoms with Gasteiger partial charge in [-0.1, -0.05) is 33.8 Å². The first-order valence-electron chi connectivity index (χ1n) is 5.44. The molecule has 18 heavy (non-hydrogen) atoms. The number of benzene rings is 1. The van der Waals surface area contributed by atoms with E-state index in [-0.39, 0.29) is 45.7 Å². The maximum atomic E-state index is 11.0. The van der Waals surface area contributed by atoms with E-state index in [0.717, 1.165) is 5.56 Å². The topological polar surface area (TPSA) is 89.0 Å². The molecule has 1 radical (unpaired) electrons. The van der Waals surface area contributed by atoms with Crippen molar-refractivity contribution in [2.45, 2.75) is 39.5 Å². The van der Waals surface area contributed by atoms with Gasteiger partial charge in [0.05, 0.1) is 0 Å². The van der Waals surface area contributed by atoms with Gasteiger partial charge in [-0.25, -0.2) is 4.79 Å². The summed E-state index contributed by atoms with van der Waals surface area (Å²) in [5.41, 5.74) is 1.64. The molecule has 107 valence electrons. The summed E-state index contributed by atoms with van der Waals surface area (Å²) >= 11 is 0. The molecule has 0 fully saturated rings.